The highest BCUT2D eigenvalue weighted by Crippen LogP contribution is 2.28. The van der Waals surface area contributed by atoms with Gasteiger partial charge in [-0.2, -0.15) is 0 Å². The third kappa shape index (κ3) is 4.11. The lowest BCUT2D eigenvalue weighted by atomic mass is 9.91. The van der Waals surface area contributed by atoms with Crippen molar-refractivity contribution in [3.8, 4) is 0 Å². The van der Waals surface area contributed by atoms with Crippen molar-refractivity contribution >= 4 is 5.91 Å². The lowest BCUT2D eigenvalue weighted by molar-refractivity contribution is -0.131. The van der Waals surface area contributed by atoms with E-state index in [1.54, 1.807) is 0 Å². The molecule has 0 N–H and O–H groups in total. The fourth-order valence-electron chi connectivity index (χ4n) is 3.84. The third-order valence-corrected chi connectivity index (χ3v) is 5.47. The van der Waals surface area contributed by atoms with Gasteiger partial charge in [0.1, 0.15) is 5.82 Å². The molecule has 0 saturated carbocycles. The van der Waals surface area contributed by atoms with Gasteiger partial charge in [-0.3, -0.25) is 9.69 Å². The van der Waals surface area contributed by atoms with E-state index in [9.17, 15) is 9.18 Å². The van der Waals surface area contributed by atoms with Crippen LogP contribution in [0.3, 0.4) is 0 Å². The highest BCUT2D eigenvalue weighted by Gasteiger charge is 2.27. The number of carbonyl (C=O) groups is 1. The van der Waals surface area contributed by atoms with Crippen molar-refractivity contribution in [3.63, 3.8) is 0 Å². The molecule has 4 heteroatoms. The zero-order valence-corrected chi connectivity index (χ0v) is 14.0. The summed E-state index contributed by atoms with van der Waals surface area (Å²) in [5.74, 6) is 0.701. The van der Waals surface area contributed by atoms with Gasteiger partial charge in [0, 0.05) is 25.6 Å². The Balaban J connectivity index is 1.47. The molecule has 0 spiro atoms. The maximum absolute atomic E-state index is 13.0. The summed E-state index contributed by atoms with van der Waals surface area (Å²) in [7, 11) is 0. The first kappa shape index (κ1) is 16.4. The Labute approximate surface area is 138 Å². The van der Waals surface area contributed by atoms with Gasteiger partial charge >= 0.3 is 0 Å². The number of hydrogen-bond donors (Lipinski definition) is 0. The summed E-state index contributed by atoms with van der Waals surface area (Å²) in [5.41, 5.74) is 1.16. The molecule has 1 aromatic carbocycles. The Hall–Kier alpha value is -1.42. The lowest BCUT2D eigenvalue weighted by Crippen LogP contribution is -2.37. The van der Waals surface area contributed by atoms with E-state index < -0.39 is 0 Å². The number of nitrogens with zero attached hydrogens (tertiary/aromatic N) is 2. The number of piperidine rings is 1. The second-order valence-electron chi connectivity index (χ2n) is 7.00. The summed E-state index contributed by atoms with van der Waals surface area (Å²) in [4.78, 5) is 16.7. The Bertz CT molecular complexity index is 517. The van der Waals surface area contributed by atoms with Gasteiger partial charge in [0.25, 0.3) is 0 Å². The van der Waals surface area contributed by atoms with Gasteiger partial charge in [-0.25, -0.2) is 4.39 Å². The number of carbonyl (C=O) groups excluding carboxylic acids is 1. The molecule has 0 bridgehead atoms. The van der Waals surface area contributed by atoms with Crippen LogP contribution in [0.15, 0.2) is 24.3 Å². The molecular formula is C19H27FN2O. The lowest BCUT2D eigenvalue weighted by Gasteiger charge is -2.36. The molecule has 1 aromatic rings. The van der Waals surface area contributed by atoms with Crippen molar-refractivity contribution in [2.45, 2.75) is 45.1 Å². The molecule has 126 valence electrons. The van der Waals surface area contributed by atoms with Gasteiger partial charge in [-0.1, -0.05) is 12.1 Å². The Kier molecular flexibility index (Phi) is 5.31. The van der Waals surface area contributed by atoms with Gasteiger partial charge in [-0.15, -0.1) is 0 Å². The number of rotatable bonds is 4. The molecule has 2 aliphatic heterocycles. The van der Waals surface area contributed by atoms with E-state index in [0.29, 0.717) is 17.9 Å². The second kappa shape index (κ2) is 7.43. The van der Waals surface area contributed by atoms with Crippen molar-refractivity contribution in [1.82, 2.24) is 9.80 Å². The summed E-state index contributed by atoms with van der Waals surface area (Å²) in [5, 5.41) is 0. The highest BCUT2D eigenvalue weighted by atomic mass is 19.1. The van der Waals surface area contributed by atoms with E-state index in [2.05, 4.69) is 11.8 Å². The minimum Gasteiger partial charge on any atom is -0.343 e. The first-order chi connectivity index (χ1) is 11.1. The summed E-state index contributed by atoms with van der Waals surface area (Å²) >= 11 is 0. The van der Waals surface area contributed by atoms with E-state index in [4.69, 9.17) is 0 Å². The summed E-state index contributed by atoms with van der Waals surface area (Å²) in [6.45, 7) is 6.15. The largest absolute Gasteiger partial charge is 0.343 e. The number of hydrogen-bond acceptors (Lipinski definition) is 2. The smallest absolute Gasteiger partial charge is 0.222 e. The quantitative estimate of drug-likeness (QED) is 0.846. The number of benzene rings is 1. The molecule has 0 radical (unpaired) electrons. The maximum Gasteiger partial charge on any atom is 0.222 e. The van der Waals surface area contributed by atoms with Crippen LogP contribution in [0.5, 0.6) is 0 Å². The van der Waals surface area contributed by atoms with Crippen molar-refractivity contribution in [1.29, 1.82) is 0 Å². The highest BCUT2D eigenvalue weighted by molar-refractivity contribution is 5.76. The fourth-order valence-corrected chi connectivity index (χ4v) is 3.84. The van der Waals surface area contributed by atoms with E-state index in [1.165, 1.54) is 25.0 Å². The third-order valence-electron chi connectivity index (χ3n) is 5.47. The summed E-state index contributed by atoms with van der Waals surface area (Å²) in [6.07, 6.45) is 5.23. The molecule has 23 heavy (non-hydrogen) atoms. The Morgan fingerprint density at radius 1 is 1.13 bits per heavy atom. The molecular weight excluding hydrogens is 291 g/mol. The normalized spacial score (nSPS) is 21.6. The van der Waals surface area contributed by atoms with Gasteiger partial charge in [0.05, 0.1) is 0 Å². The molecule has 0 aliphatic carbocycles. The van der Waals surface area contributed by atoms with E-state index in [1.807, 2.05) is 17.0 Å². The summed E-state index contributed by atoms with van der Waals surface area (Å²) in [6, 6.07) is 7.14. The Morgan fingerprint density at radius 3 is 2.35 bits per heavy atom. The molecule has 2 heterocycles. The van der Waals surface area contributed by atoms with Crippen LogP contribution in [0.25, 0.3) is 0 Å². The minimum absolute atomic E-state index is 0.180. The standard InChI is InChI=1S/C19H27FN2O/c1-15(17-4-6-18(20)7-5-17)21-12-8-16(9-13-21)14-19(23)22-10-2-3-11-22/h4-7,15-16H,2-3,8-14H2,1H3. The maximum atomic E-state index is 13.0. The van der Waals surface area contributed by atoms with E-state index in [-0.39, 0.29) is 5.82 Å². The van der Waals surface area contributed by atoms with Crippen molar-refractivity contribution in [3.05, 3.63) is 35.6 Å². The van der Waals surface area contributed by atoms with Crippen LogP contribution >= 0.6 is 0 Å². The first-order valence-corrected chi connectivity index (χ1v) is 8.91. The van der Waals surface area contributed by atoms with Crippen LogP contribution in [0.1, 0.15) is 50.6 Å². The minimum atomic E-state index is -0.180. The van der Waals surface area contributed by atoms with Crippen LogP contribution in [-0.4, -0.2) is 41.9 Å². The van der Waals surface area contributed by atoms with Crippen molar-refractivity contribution < 1.29 is 9.18 Å². The molecule has 2 fully saturated rings. The van der Waals surface area contributed by atoms with Crippen LogP contribution in [0.4, 0.5) is 4.39 Å². The topological polar surface area (TPSA) is 23.6 Å². The molecule has 3 rings (SSSR count). The van der Waals surface area contributed by atoms with Gasteiger partial charge < -0.3 is 4.90 Å². The second-order valence-corrected chi connectivity index (χ2v) is 7.00. The molecule has 1 unspecified atom stereocenters. The molecule has 0 aromatic heterocycles. The van der Waals surface area contributed by atoms with E-state index in [0.717, 1.165) is 51.0 Å². The zero-order chi connectivity index (χ0) is 16.2. The predicted molar refractivity (Wildman–Crippen MR) is 89.5 cm³/mol. The van der Waals surface area contributed by atoms with Crippen molar-refractivity contribution in [2.24, 2.45) is 5.92 Å². The number of halogens is 1. The first-order valence-electron chi connectivity index (χ1n) is 8.91. The Morgan fingerprint density at radius 2 is 1.74 bits per heavy atom. The predicted octanol–water partition coefficient (Wildman–Crippen LogP) is 3.61. The molecule has 2 aliphatic rings. The molecule has 3 nitrogen and oxygen atoms in total. The number of likely N-dealkylation sites (tertiary alicyclic amines) is 2. The van der Waals surface area contributed by atoms with Crippen molar-refractivity contribution in [2.75, 3.05) is 26.2 Å². The van der Waals surface area contributed by atoms with Crippen LogP contribution < -0.4 is 0 Å². The van der Waals surface area contributed by atoms with Crippen LogP contribution in [0.2, 0.25) is 0 Å². The van der Waals surface area contributed by atoms with Crippen LogP contribution in [-0.2, 0) is 4.79 Å². The average Bonchev–Trinajstić information content (AvgIpc) is 3.10. The zero-order valence-electron chi connectivity index (χ0n) is 14.0. The monoisotopic (exact) mass is 318 g/mol. The van der Waals surface area contributed by atoms with Gasteiger partial charge in [-0.05, 0) is 69.3 Å². The molecule has 1 atom stereocenters. The number of amides is 1. The molecule has 2 saturated heterocycles. The van der Waals surface area contributed by atoms with Gasteiger partial charge in [0.15, 0.2) is 0 Å². The average molecular weight is 318 g/mol. The van der Waals surface area contributed by atoms with Crippen LogP contribution in [0, 0.1) is 11.7 Å². The SMILES string of the molecule is CC(c1ccc(F)cc1)N1CCC(CC(=O)N2CCCC2)CC1. The fraction of sp³-hybridized carbons (Fsp3) is 0.632. The van der Waals surface area contributed by atoms with Gasteiger partial charge in [0.2, 0.25) is 5.91 Å². The molecule has 1 amide bonds. The van der Waals surface area contributed by atoms with E-state index >= 15 is 0 Å². The summed E-state index contributed by atoms with van der Waals surface area (Å²) < 4.78 is 13.0.